The first-order chi connectivity index (χ1) is 45.7. The normalized spacial score (nSPS) is 14.2. The van der Waals surface area contributed by atoms with Crippen LogP contribution in [0.5, 0.6) is 0 Å². The molecule has 2 unspecified atom stereocenters. The molecule has 17 nitrogen and oxygen atoms in total. The lowest BCUT2D eigenvalue weighted by Crippen LogP contribution is -2.30. The zero-order chi connectivity index (χ0) is 70.1. The van der Waals surface area contributed by atoms with E-state index in [0.29, 0.717) is 37.5 Å². The van der Waals surface area contributed by atoms with Crippen LogP contribution in [0.4, 0.5) is 0 Å². The summed E-state index contributed by atoms with van der Waals surface area (Å²) in [4.78, 5) is 72.6. The van der Waals surface area contributed by atoms with Crippen LogP contribution in [-0.2, 0) is 65.4 Å². The van der Waals surface area contributed by atoms with Gasteiger partial charge >= 0.3 is 39.5 Å². The first kappa shape index (κ1) is 92.5. The first-order valence-electron chi connectivity index (χ1n) is 38.7. The highest BCUT2D eigenvalue weighted by Gasteiger charge is 2.30. The largest absolute Gasteiger partial charge is 0.472 e. The van der Waals surface area contributed by atoms with Crippen molar-refractivity contribution in [1.29, 1.82) is 0 Å². The second kappa shape index (κ2) is 66.1. The minimum absolute atomic E-state index is 0.0849. The van der Waals surface area contributed by atoms with E-state index in [2.05, 4.69) is 72.8 Å². The standard InChI is InChI=1S/C76H144O17P2/c1-8-9-10-11-12-13-14-15-20-25-28-31-36-45-52-59-75(80)92-71(63-86-73(78)57-50-43-35-30-27-24-22-19-17-16-18-21-23-26-29-33-40-47-54-67(2)3)65-90-94(82,83)88-61-70(77)62-89-95(84,85)91-66-72(64-87-74(79)58-51-44-39-38-42-49-56-69(6)7)93-76(81)60-53-46-37-32-34-41-48-55-68(4)5/h13-15,20,67-72,77H,8-12,16-19,21-66H2,1-7H3,(H,82,83)(H,84,85)/b14-13-,20-15-/t70-,71-,72-/m1/s1. The lowest BCUT2D eigenvalue weighted by molar-refractivity contribution is -0.161. The predicted molar refractivity (Wildman–Crippen MR) is 386 cm³/mol. The number of allylic oxidation sites excluding steroid dienone is 4. The van der Waals surface area contributed by atoms with Gasteiger partial charge in [-0.05, 0) is 69.1 Å². The molecule has 0 aliphatic rings. The molecular weight excluding hydrogens is 1250 g/mol. The molecule has 0 saturated heterocycles. The fourth-order valence-electron chi connectivity index (χ4n) is 11.1. The van der Waals surface area contributed by atoms with Gasteiger partial charge in [-0.25, -0.2) is 9.13 Å². The molecule has 0 amide bonds. The van der Waals surface area contributed by atoms with Gasteiger partial charge in [0.2, 0.25) is 0 Å². The van der Waals surface area contributed by atoms with Crippen molar-refractivity contribution in [3.8, 4) is 0 Å². The number of esters is 4. The molecule has 19 heteroatoms. The number of rotatable bonds is 72. The summed E-state index contributed by atoms with van der Waals surface area (Å²) < 4.78 is 68.3. The van der Waals surface area contributed by atoms with E-state index < -0.39 is 97.5 Å². The van der Waals surface area contributed by atoms with Gasteiger partial charge in [0, 0.05) is 25.7 Å². The van der Waals surface area contributed by atoms with Crippen LogP contribution in [0.3, 0.4) is 0 Å². The Morgan fingerprint density at radius 1 is 0.326 bits per heavy atom. The molecule has 560 valence electrons. The molecule has 0 rings (SSSR count). The first-order valence-corrected chi connectivity index (χ1v) is 41.7. The van der Waals surface area contributed by atoms with Crippen molar-refractivity contribution < 1.29 is 80.2 Å². The van der Waals surface area contributed by atoms with Crippen molar-refractivity contribution in [3.05, 3.63) is 24.3 Å². The maximum atomic E-state index is 13.1. The second-order valence-electron chi connectivity index (χ2n) is 28.1. The molecule has 5 atom stereocenters. The Morgan fingerprint density at radius 3 is 0.853 bits per heavy atom. The van der Waals surface area contributed by atoms with E-state index >= 15 is 0 Å². The number of carbonyl (C=O) groups is 4. The van der Waals surface area contributed by atoms with Crippen molar-refractivity contribution >= 4 is 39.5 Å². The Labute approximate surface area is 580 Å². The van der Waals surface area contributed by atoms with E-state index in [1.165, 1.54) is 154 Å². The molecule has 0 aromatic carbocycles. The average Bonchev–Trinajstić information content (AvgIpc) is 1.56. The summed E-state index contributed by atoms with van der Waals surface area (Å²) in [6.07, 6.45) is 55.4. The van der Waals surface area contributed by atoms with Crippen LogP contribution in [0.25, 0.3) is 0 Å². The van der Waals surface area contributed by atoms with Crippen molar-refractivity contribution in [2.45, 2.75) is 381 Å². The molecule has 0 fully saturated rings. The van der Waals surface area contributed by atoms with Gasteiger partial charge < -0.3 is 33.8 Å². The number of aliphatic hydroxyl groups is 1. The van der Waals surface area contributed by atoms with Gasteiger partial charge in [0.1, 0.15) is 19.3 Å². The predicted octanol–water partition coefficient (Wildman–Crippen LogP) is 21.7. The van der Waals surface area contributed by atoms with Crippen LogP contribution >= 0.6 is 15.6 Å². The number of ether oxygens (including phenoxy) is 4. The Balaban J connectivity index is 5.21. The van der Waals surface area contributed by atoms with Crippen LogP contribution in [-0.4, -0.2) is 96.7 Å². The van der Waals surface area contributed by atoms with E-state index in [1.54, 1.807) is 0 Å². The van der Waals surface area contributed by atoms with Crippen molar-refractivity contribution in [2.75, 3.05) is 39.6 Å². The second-order valence-corrected chi connectivity index (χ2v) is 31.0. The zero-order valence-electron chi connectivity index (χ0n) is 61.6. The highest BCUT2D eigenvalue weighted by Crippen LogP contribution is 2.45. The number of hydrogen-bond donors (Lipinski definition) is 3. The van der Waals surface area contributed by atoms with Crippen molar-refractivity contribution in [1.82, 2.24) is 0 Å². The van der Waals surface area contributed by atoms with Crippen LogP contribution < -0.4 is 0 Å². The molecule has 0 aromatic rings. The Kier molecular flexibility index (Phi) is 64.4. The van der Waals surface area contributed by atoms with Crippen molar-refractivity contribution in [2.24, 2.45) is 17.8 Å². The molecule has 3 N–H and O–H groups in total. The van der Waals surface area contributed by atoms with E-state index in [9.17, 15) is 43.2 Å². The van der Waals surface area contributed by atoms with E-state index in [0.717, 1.165) is 115 Å². The van der Waals surface area contributed by atoms with Crippen LogP contribution in [0, 0.1) is 17.8 Å². The summed E-state index contributed by atoms with van der Waals surface area (Å²) in [7, 11) is -9.92. The molecule has 0 aliphatic carbocycles. The third-order valence-electron chi connectivity index (χ3n) is 17.0. The van der Waals surface area contributed by atoms with Gasteiger partial charge in [-0.1, -0.05) is 310 Å². The van der Waals surface area contributed by atoms with E-state index in [-0.39, 0.29) is 25.7 Å². The number of aliphatic hydroxyl groups excluding tert-OH is 1. The molecule has 0 saturated carbocycles. The molecule has 0 bridgehead atoms. The summed E-state index contributed by atoms with van der Waals surface area (Å²) in [5.74, 6) is 0.0386. The maximum absolute atomic E-state index is 13.1. The summed E-state index contributed by atoms with van der Waals surface area (Å²) >= 11 is 0. The Morgan fingerprint density at radius 2 is 0.568 bits per heavy atom. The van der Waals surface area contributed by atoms with Crippen LogP contribution in [0.1, 0.15) is 363 Å². The number of carbonyl (C=O) groups excluding carboxylic acids is 4. The molecule has 0 spiro atoms. The number of unbranched alkanes of at least 4 members (excludes halogenated alkanes) is 37. The molecule has 0 radical (unpaired) electrons. The minimum atomic E-state index is -4.97. The van der Waals surface area contributed by atoms with E-state index in [4.69, 9.17) is 37.0 Å². The third kappa shape index (κ3) is 69.8. The van der Waals surface area contributed by atoms with Crippen LogP contribution in [0.2, 0.25) is 0 Å². The average molecular weight is 1390 g/mol. The SMILES string of the molecule is CCCCCC/C=C\C=C/CCCCCCCC(=O)O[C@H](COC(=O)CCCCCCCCCCCCCCCCCCCCC(C)C)COP(=O)(O)OC[C@@H](O)COP(=O)(O)OC[C@@H](COC(=O)CCCCCCCCC(C)C)OC(=O)CCCCCCCCCC(C)C. The number of hydrogen-bond acceptors (Lipinski definition) is 15. The monoisotopic (exact) mass is 1390 g/mol. The quantitative estimate of drug-likeness (QED) is 0.0169. The molecule has 0 heterocycles. The number of phosphoric acid groups is 2. The van der Waals surface area contributed by atoms with Crippen LogP contribution in [0.15, 0.2) is 24.3 Å². The highest BCUT2D eigenvalue weighted by atomic mass is 31.2. The zero-order valence-corrected chi connectivity index (χ0v) is 63.4. The fraction of sp³-hybridized carbons (Fsp3) is 0.895. The Hall–Kier alpha value is -2.46. The van der Waals surface area contributed by atoms with Gasteiger partial charge in [-0.3, -0.25) is 37.3 Å². The maximum Gasteiger partial charge on any atom is 0.472 e. The van der Waals surface area contributed by atoms with Gasteiger partial charge in [0.15, 0.2) is 12.2 Å². The Bertz CT molecular complexity index is 1950. The lowest BCUT2D eigenvalue weighted by atomic mass is 10.0. The van der Waals surface area contributed by atoms with Gasteiger partial charge in [0.05, 0.1) is 26.4 Å². The number of phosphoric ester groups is 2. The molecule has 0 aromatic heterocycles. The van der Waals surface area contributed by atoms with Gasteiger partial charge in [-0.2, -0.15) is 0 Å². The summed E-state index contributed by atoms with van der Waals surface area (Å²) in [5.41, 5.74) is 0. The van der Waals surface area contributed by atoms with E-state index in [1.807, 2.05) is 0 Å². The summed E-state index contributed by atoms with van der Waals surface area (Å²) in [6.45, 7) is 11.7. The molecular formula is C76H144O17P2. The topological polar surface area (TPSA) is 237 Å². The molecule has 0 aliphatic heterocycles. The lowest BCUT2D eigenvalue weighted by Gasteiger charge is -2.21. The smallest absolute Gasteiger partial charge is 0.462 e. The molecule has 95 heavy (non-hydrogen) atoms. The summed E-state index contributed by atoms with van der Waals surface area (Å²) in [5, 5.41) is 10.6. The van der Waals surface area contributed by atoms with Crippen molar-refractivity contribution in [3.63, 3.8) is 0 Å². The minimum Gasteiger partial charge on any atom is -0.462 e. The summed E-state index contributed by atoms with van der Waals surface area (Å²) in [6, 6.07) is 0. The highest BCUT2D eigenvalue weighted by molar-refractivity contribution is 7.47. The van der Waals surface area contributed by atoms with Gasteiger partial charge in [0.25, 0.3) is 0 Å². The third-order valence-corrected chi connectivity index (χ3v) is 18.9. The van der Waals surface area contributed by atoms with Gasteiger partial charge in [-0.15, -0.1) is 0 Å². The fourth-order valence-corrected chi connectivity index (χ4v) is 12.6.